The number of hydrogen-bond acceptors (Lipinski definition) is 2. The van der Waals surface area contributed by atoms with E-state index in [-0.39, 0.29) is 5.91 Å². The zero-order chi connectivity index (χ0) is 14.0. The van der Waals surface area contributed by atoms with E-state index in [2.05, 4.69) is 15.9 Å². The molecule has 0 radical (unpaired) electrons. The van der Waals surface area contributed by atoms with Crippen LogP contribution in [0.25, 0.3) is 0 Å². The van der Waals surface area contributed by atoms with Crippen LogP contribution in [0.2, 0.25) is 0 Å². The summed E-state index contributed by atoms with van der Waals surface area (Å²) in [6.07, 6.45) is 2.26. The number of aryl methyl sites for hydroxylation is 1. The van der Waals surface area contributed by atoms with Crippen molar-refractivity contribution in [3.05, 3.63) is 33.8 Å². The van der Waals surface area contributed by atoms with Crippen molar-refractivity contribution in [3.63, 3.8) is 0 Å². The van der Waals surface area contributed by atoms with Crippen LogP contribution in [0.15, 0.2) is 22.7 Å². The predicted octanol–water partition coefficient (Wildman–Crippen LogP) is 2.84. The van der Waals surface area contributed by atoms with Crippen LogP contribution in [0, 0.1) is 6.92 Å². The van der Waals surface area contributed by atoms with E-state index in [9.17, 15) is 14.7 Å². The maximum absolute atomic E-state index is 12.4. The molecule has 1 aromatic carbocycles. The van der Waals surface area contributed by atoms with Gasteiger partial charge in [0.2, 0.25) is 0 Å². The van der Waals surface area contributed by atoms with Crippen LogP contribution < -0.4 is 0 Å². The van der Waals surface area contributed by atoms with Gasteiger partial charge >= 0.3 is 5.97 Å². The number of likely N-dealkylation sites (tertiary alicyclic amines) is 1. The first-order valence-corrected chi connectivity index (χ1v) is 7.10. The van der Waals surface area contributed by atoms with Crippen molar-refractivity contribution in [1.29, 1.82) is 0 Å². The number of benzene rings is 1. The molecule has 5 heteroatoms. The summed E-state index contributed by atoms with van der Waals surface area (Å²) in [5.74, 6) is -1.12. The molecule has 1 saturated heterocycles. The van der Waals surface area contributed by atoms with Crippen molar-refractivity contribution >= 4 is 27.8 Å². The minimum atomic E-state index is -0.917. The number of carboxylic acid groups (broad SMARTS) is 1. The standard InChI is InChI=1S/C14H16BrNO3/c1-9-5-6-10(8-11(9)15)13(17)16-7-3-2-4-12(16)14(18)19/h5-6,8,12H,2-4,7H2,1H3,(H,18,19)/t12-/m1/s1. The first kappa shape index (κ1) is 14.1. The molecule has 0 aromatic heterocycles. The molecule has 0 bridgehead atoms. The lowest BCUT2D eigenvalue weighted by Gasteiger charge is -2.33. The number of amides is 1. The van der Waals surface area contributed by atoms with Crippen molar-refractivity contribution in [3.8, 4) is 0 Å². The van der Waals surface area contributed by atoms with Crippen molar-refractivity contribution in [2.24, 2.45) is 0 Å². The number of carbonyl (C=O) groups excluding carboxylic acids is 1. The lowest BCUT2D eigenvalue weighted by molar-refractivity contribution is -0.143. The topological polar surface area (TPSA) is 57.6 Å². The zero-order valence-corrected chi connectivity index (χ0v) is 12.3. The van der Waals surface area contributed by atoms with Crippen LogP contribution in [0.5, 0.6) is 0 Å². The highest BCUT2D eigenvalue weighted by atomic mass is 79.9. The van der Waals surface area contributed by atoms with E-state index >= 15 is 0 Å². The fraction of sp³-hybridized carbons (Fsp3) is 0.429. The number of nitrogens with zero attached hydrogens (tertiary/aromatic N) is 1. The fourth-order valence-electron chi connectivity index (χ4n) is 2.32. The molecule has 1 N–H and O–H groups in total. The Balaban J connectivity index is 2.26. The van der Waals surface area contributed by atoms with Gasteiger partial charge in [0.1, 0.15) is 6.04 Å². The molecule has 0 saturated carbocycles. The minimum Gasteiger partial charge on any atom is -0.480 e. The molecule has 0 unspecified atom stereocenters. The summed E-state index contributed by atoms with van der Waals surface area (Å²) in [5, 5.41) is 9.20. The van der Waals surface area contributed by atoms with E-state index in [1.807, 2.05) is 13.0 Å². The first-order chi connectivity index (χ1) is 9.00. The Hall–Kier alpha value is -1.36. The summed E-state index contributed by atoms with van der Waals surface area (Å²) in [7, 11) is 0. The van der Waals surface area contributed by atoms with Gasteiger partial charge in [0.15, 0.2) is 0 Å². The van der Waals surface area contributed by atoms with Crippen LogP contribution >= 0.6 is 15.9 Å². The van der Waals surface area contributed by atoms with Gasteiger partial charge in [-0.05, 0) is 43.9 Å². The average Bonchev–Trinajstić information content (AvgIpc) is 2.41. The molecule has 1 aromatic rings. The quantitative estimate of drug-likeness (QED) is 0.909. The van der Waals surface area contributed by atoms with Gasteiger partial charge in [-0.3, -0.25) is 4.79 Å². The number of halogens is 1. The van der Waals surface area contributed by atoms with Crippen molar-refractivity contribution in [1.82, 2.24) is 4.90 Å². The summed E-state index contributed by atoms with van der Waals surface area (Å²) < 4.78 is 0.863. The van der Waals surface area contributed by atoms with Crippen LogP contribution in [-0.2, 0) is 4.79 Å². The molecular weight excluding hydrogens is 310 g/mol. The number of rotatable bonds is 2. The second-order valence-electron chi connectivity index (χ2n) is 4.81. The first-order valence-electron chi connectivity index (χ1n) is 6.30. The lowest BCUT2D eigenvalue weighted by atomic mass is 10.0. The number of carboxylic acids is 1. The molecule has 1 aliphatic rings. The maximum Gasteiger partial charge on any atom is 0.326 e. The Morgan fingerprint density at radius 2 is 2.11 bits per heavy atom. The number of aliphatic carboxylic acids is 1. The molecule has 19 heavy (non-hydrogen) atoms. The van der Waals surface area contributed by atoms with Crippen LogP contribution in [0.4, 0.5) is 0 Å². The molecule has 102 valence electrons. The smallest absolute Gasteiger partial charge is 0.326 e. The lowest BCUT2D eigenvalue weighted by Crippen LogP contribution is -2.47. The number of carbonyl (C=O) groups is 2. The molecule has 1 aliphatic heterocycles. The molecule has 1 atom stereocenters. The second-order valence-corrected chi connectivity index (χ2v) is 5.67. The summed E-state index contributed by atoms with van der Waals surface area (Å²) in [4.78, 5) is 25.1. The van der Waals surface area contributed by atoms with Gasteiger partial charge in [-0.2, -0.15) is 0 Å². The molecule has 1 amide bonds. The van der Waals surface area contributed by atoms with Gasteiger partial charge in [-0.25, -0.2) is 4.79 Å². The number of hydrogen-bond donors (Lipinski definition) is 1. The molecule has 2 rings (SSSR count). The van der Waals surface area contributed by atoms with Crippen LogP contribution in [0.1, 0.15) is 35.2 Å². The molecule has 0 spiro atoms. The van der Waals surface area contributed by atoms with Crippen LogP contribution in [-0.4, -0.2) is 34.5 Å². The van der Waals surface area contributed by atoms with Gasteiger partial charge in [-0.15, -0.1) is 0 Å². The van der Waals surface area contributed by atoms with E-state index in [1.54, 1.807) is 12.1 Å². The van der Waals surface area contributed by atoms with Crippen LogP contribution in [0.3, 0.4) is 0 Å². The van der Waals surface area contributed by atoms with Gasteiger partial charge in [0.05, 0.1) is 0 Å². The Labute approximate surface area is 120 Å². The largest absolute Gasteiger partial charge is 0.480 e. The van der Waals surface area contributed by atoms with Crippen molar-refractivity contribution < 1.29 is 14.7 Å². The van der Waals surface area contributed by atoms with Crippen molar-refractivity contribution in [2.45, 2.75) is 32.2 Å². The summed E-state index contributed by atoms with van der Waals surface area (Å²) >= 11 is 3.40. The SMILES string of the molecule is Cc1ccc(C(=O)N2CCCC[C@@H]2C(=O)O)cc1Br. The highest BCUT2D eigenvalue weighted by Gasteiger charge is 2.32. The third-order valence-electron chi connectivity index (χ3n) is 3.47. The van der Waals surface area contributed by atoms with Gasteiger partial charge in [0.25, 0.3) is 5.91 Å². The van der Waals surface area contributed by atoms with E-state index in [0.717, 1.165) is 22.9 Å². The fourth-order valence-corrected chi connectivity index (χ4v) is 2.70. The minimum absolute atomic E-state index is 0.201. The molecular formula is C14H16BrNO3. The van der Waals surface area contributed by atoms with E-state index < -0.39 is 12.0 Å². The van der Waals surface area contributed by atoms with Crippen molar-refractivity contribution in [2.75, 3.05) is 6.54 Å². The van der Waals surface area contributed by atoms with E-state index in [0.29, 0.717) is 18.5 Å². The predicted molar refractivity (Wildman–Crippen MR) is 75.2 cm³/mol. The molecule has 1 heterocycles. The Bertz CT molecular complexity index is 515. The summed E-state index contributed by atoms with van der Waals surface area (Å²) in [6, 6.07) is 4.67. The Kier molecular flexibility index (Phi) is 4.24. The molecule has 1 fully saturated rings. The highest BCUT2D eigenvalue weighted by molar-refractivity contribution is 9.10. The van der Waals surface area contributed by atoms with Gasteiger partial charge < -0.3 is 10.0 Å². The van der Waals surface area contributed by atoms with Gasteiger partial charge in [0, 0.05) is 16.6 Å². The number of piperidine rings is 1. The van der Waals surface area contributed by atoms with E-state index in [1.165, 1.54) is 4.90 Å². The average molecular weight is 326 g/mol. The third-order valence-corrected chi connectivity index (χ3v) is 4.32. The monoisotopic (exact) mass is 325 g/mol. The molecule has 0 aliphatic carbocycles. The highest BCUT2D eigenvalue weighted by Crippen LogP contribution is 2.23. The second kappa shape index (κ2) is 5.74. The van der Waals surface area contributed by atoms with Gasteiger partial charge in [-0.1, -0.05) is 22.0 Å². The van der Waals surface area contributed by atoms with E-state index in [4.69, 9.17) is 0 Å². The third kappa shape index (κ3) is 2.97. The zero-order valence-electron chi connectivity index (χ0n) is 10.7. The maximum atomic E-state index is 12.4. The summed E-state index contributed by atoms with van der Waals surface area (Å²) in [5.41, 5.74) is 1.58. The Morgan fingerprint density at radius 1 is 1.37 bits per heavy atom. The Morgan fingerprint density at radius 3 is 2.74 bits per heavy atom. The normalized spacial score (nSPS) is 19.3. The summed E-state index contributed by atoms with van der Waals surface area (Å²) in [6.45, 7) is 2.46. The molecule has 4 nitrogen and oxygen atoms in total.